The molecule has 0 heterocycles. The summed E-state index contributed by atoms with van der Waals surface area (Å²) in [5.74, 6) is -0.0235. The first kappa shape index (κ1) is 16.8. The van der Waals surface area contributed by atoms with Crippen LogP contribution < -0.4 is 5.32 Å². The molecule has 0 aromatic heterocycles. The number of carbonyl (C=O) groups is 2. The van der Waals surface area contributed by atoms with Gasteiger partial charge in [0.15, 0.2) is 0 Å². The summed E-state index contributed by atoms with van der Waals surface area (Å²) in [5.41, 5.74) is 0. The fraction of sp³-hybridized carbons (Fsp3) is 0.867. The highest BCUT2D eigenvalue weighted by atomic mass is 16.4. The van der Waals surface area contributed by atoms with Crippen LogP contribution in [-0.4, -0.2) is 41.6 Å². The molecule has 0 saturated heterocycles. The standard InChI is InChI=1S/C15H28N2O3/c1-2-17(12-13-8-7-9-13)15(20)16-11-6-4-3-5-10-14(18)19/h13H,2-12H2,1H3,(H,16,20)(H,18,19). The molecular formula is C15H28N2O3. The zero-order valence-corrected chi connectivity index (χ0v) is 12.6. The minimum absolute atomic E-state index is 0.0462. The van der Waals surface area contributed by atoms with Crippen LogP contribution in [-0.2, 0) is 4.79 Å². The largest absolute Gasteiger partial charge is 0.481 e. The Labute approximate surface area is 121 Å². The summed E-state index contributed by atoms with van der Waals surface area (Å²) in [5, 5.41) is 11.5. The minimum atomic E-state index is -0.729. The Kier molecular flexibility index (Phi) is 8.07. The van der Waals surface area contributed by atoms with Gasteiger partial charge < -0.3 is 15.3 Å². The van der Waals surface area contributed by atoms with E-state index in [-0.39, 0.29) is 12.5 Å². The van der Waals surface area contributed by atoms with Crippen molar-refractivity contribution in [2.45, 2.75) is 58.3 Å². The Hall–Kier alpha value is -1.26. The maximum Gasteiger partial charge on any atom is 0.317 e. The van der Waals surface area contributed by atoms with Crippen LogP contribution in [0.4, 0.5) is 4.79 Å². The van der Waals surface area contributed by atoms with E-state index in [1.807, 2.05) is 11.8 Å². The second-order valence-corrected chi connectivity index (χ2v) is 5.63. The van der Waals surface area contributed by atoms with E-state index in [1.165, 1.54) is 19.3 Å². The number of hydrogen-bond acceptors (Lipinski definition) is 2. The van der Waals surface area contributed by atoms with Crippen LogP contribution in [0.25, 0.3) is 0 Å². The van der Waals surface area contributed by atoms with Gasteiger partial charge in [0.1, 0.15) is 0 Å². The number of aliphatic carboxylic acids is 1. The molecule has 0 unspecified atom stereocenters. The highest BCUT2D eigenvalue weighted by Crippen LogP contribution is 2.26. The van der Waals surface area contributed by atoms with Crippen molar-refractivity contribution in [1.82, 2.24) is 10.2 Å². The zero-order valence-electron chi connectivity index (χ0n) is 12.6. The molecule has 2 N–H and O–H groups in total. The van der Waals surface area contributed by atoms with Crippen LogP contribution in [0.3, 0.4) is 0 Å². The lowest BCUT2D eigenvalue weighted by atomic mass is 9.85. The van der Waals surface area contributed by atoms with Gasteiger partial charge in [-0.15, -0.1) is 0 Å². The molecule has 0 aliphatic heterocycles. The summed E-state index contributed by atoms with van der Waals surface area (Å²) in [6, 6.07) is 0.0462. The second-order valence-electron chi connectivity index (χ2n) is 5.63. The quantitative estimate of drug-likeness (QED) is 0.606. The molecule has 5 heteroatoms. The van der Waals surface area contributed by atoms with Crippen LogP contribution in [0, 0.1) is 5.92 Å². The Morgan fingerprint density at radius 1 is 1.20 bits per heavy atom. The summed E-state index contributed by atoms with van der Waals surface area (Å²) in [6.07, 6.45) is 7.61. The van der Waals surface area contributed by atoms with E-state index < -0.39 is 5.97 Å². The minimum Gasteiger partial charge on any atom is -0.481 e. The average molecular weight is 284 g/mol. The van der Waals surface area contributed by atoms with Gasteiger partial charge in [0.2, 0.25) is 0 Å². The lowest BCUT2D eigenvalue weighted by Crippen LogP contribution is -2.43. The molecule has 0 atom stereocenters. The first-order valence-corrected chi connectivity index (χ1v) is 7.88. The fourth-order valence-corrected chi connectivity index (χ4v) is 2.40. The van der Waals surface area contributed by atoms with Crippen molar-refractivity contribution in [1.29, 1.82) is 0 Å². The SMILES string of the molecule is CCN(CC1CCC1)C(=O)NCCCCCCC(=O)O. The van der Waals surface area contributed by atoms with Crippen molar-refractivity contribution in [3.8, 4) is 0 Å². The van der Waals surface area contributed by atoms with Crippen molar-refractivity contribution in [2.24, 2.45) is 5.92 Å². The van der Waals surface area contributed by atoms with Gasteiger partial charge in [-0.05, 0) is 38.5 Å². The summed E-state index contributed by atoms with van der Waals surface area (Å²) >= 11 is 0. The molecule has 1 fully saturated rings. The second kappa shape index (κ2) is 9.61. The van der Waals surface area contributed by atoms with Crippen LogP contribution >= 0.6 is 0 Å². The summed E-state index contributed by atoms with van der Waals surface area (Å²) in [7, 11) is 0. The van der Waals surface area contributed by atoms with Gasteiger partial charge in [0.25, 0.3) is 0 Å². The highest BCUT2D eigenvalue weighted by molar-refractivity contribution is 5.74. The number of rotatable bonds is 10. The van der Waals surface area contributed by atoms with Gasteiger partial charge in [-0.1, -0.05) is 19.3 Å². The monoisotopic (exact) mass is 284 g/mol. The molecule has 116 valence electrons. The van der Waals surface area contributed by atoms with E-state index in [0.717, 1.165) is 38.8 Å². The van der Waals surface area contributed by atoms with Crippen molar-refractivity contribution in [3.63, 3.8) is 0 Å². The van der Waals surface area contributed by atoms with Gasteiger partial charge in [-0.3, -0.25) is 4.79 Å². The van der Waals surface area contributed by atoms with Crippen molar-refractivity contribution in [3.05, 3.63) is 0 Å². The van der Waals surface area contributed by atoms with Gasteiger partial charge in [0, 0.05) is 26.1 Å². The predicted octanol–water partition coefficient (Wildman–Crippen LogP) is 2.85. The molecule has 0 spiro atoms. The molecule has 5 nitrogen and oxygen atoms in total. The lowest BCUT2D eigenvalue weighted by Gasteiger charge is -2.31. The molecule has 0 radical (unpaired) electrons. The Balaban J connectivity index is 2.01. The number of carboxylic acid groups (broad SMARTS) is 1. The zero-order chi connectivity index (χ0) is 14.8. The Morgan fingerprint density at radius 3 is 2.45 bits per heavy atom. The number of nitrogens with zero attached hydrogens (tertiary/aromatic N) is 1. The van der Waals surface area contributed by atoms with Crippen LogP contribution in [0.2, 0.25) is 0 Å². The maximum atomic E-state index is 12.0. The number of unbranched alkanes of at least 4 members (excludes halogenated alkanes) is 3. The fourth-order valence-electron chi connectivity index (χ4n) is 2.40. The average Bonchev–Trinajstić information content (AvgIpc) is 2.36. The highest BCUT2D eigenvalue weighted by Gasteiger charge is 2.22. The number of urea groups is 1. The first-order chi connectivity index (χ1) is 9.63. The summed E-state index contributed by atoms with van der Waals surface area (Å²) in [6.45, 7) is 4.36. The molecular weight excluding hydrogens is 256 g/mol. The van der Waals surface area contributed by atoms with Crippen LogP contribution in [0.15, 0.2) is 0 Å². The van der Waals surface area contributed by atoms with E-state index in [2.05, 4.69) is 5.32 Å². The van der Waals surface area contributed by atoms with Crippen LogP contribution in [0.5, 0.6) is 0 Å². The van der Waals surface area contributed by atoms with E-state index in [4.69, 9.17) is 5.11 Å². The summed E-state index contributed by atoms with van der Waals surface area (Å²) < 4.78 is 0. The van der Waals surface area contributed by atoms with Crippen molar-refractivity contribution < 1.29 is 14.7 Å². The van der Waals surface area contributed by atoms with Crippen molar-refractivity contribution >= 4 is 12.0 Å². The maximum absolute atomic E-state index is 12.0. The van der Waals surface area contributed by atoms with Crippen LogP contribution in [0.1, 0.15) is 58.3 Å². The molecule has 20 heavy (non-hydrogen) atoms. The third kappa shape index (κ3) is 6.78. The smallest absolute Gasteiger partial charge is 0.317 e. The molecule has 1 aliphatic carbocycles. The van der Waals surface area contributed by atoms with E-state index >= 15 is 0 Å². The van der Waals surface area contributed by atoms with E-state index in [1.54, 1.807) is 0 Å². The number of carboxylic acids is 1. The van der Waals surface area contributed by atoms with E-state index in [0.29, 0.717) is 12.5 Å². The third-order valence-corrected chi connectivity index (χ3v) is 3.97. The molecule has 1 rings (SSSR count). The van der Waals surface area contributed by atoms with Gasteiger partial charge >= 0.3 is 12.0 Å². The third-order valence-electron chi connectivity index (χ3n) is 3.97. The lowest BCUT2D eigenvalue weighted by molar-refractivity contribution is -0.137. The van der Waals surface area contributed by atoms with Crippen molar-refractivity contribution in [2.75, 3.05) is 19.6 Å². The number of hydrogen-bond donors (Lipinski definition) is 2. The topological polar surface area (TPSA) is 69.6 Å². The predicted molar refractivity (Wildman–Crippen MR) is 78.7 cm³/mol. The molecule has 0 aromatic rings. The molecule has 0 bridgehead atoms. The number of carbonyl (C=O) groups excluding carboxylic acids is 1. The van der Waals surface area contributed by atoms with Gasteiger partial charge in [-0.2, -0.15) is 0 Å². The normalized spacial score (nSPS) is 14.7. The Bertz CT molecular complexity index is 303. The van der Waals surface area contributed by atoms with E-state index in [9.17, 15) is 9.59 Å². The Morgan fingerprint density at radius 2 is 1.90 bits per heavy atom. The van der Waals surface area contributed by atoms with Gasteiger partial charge in [0.05, 0.1) is 0 Å². The number of amides is 2. The first-order valence-electron chi connectivity index (χ1n) is 7.88. The van der Waals surface area contributed by atoms with Gasteiger partial charge in [-0.25, -0.2) is 4.79 Å². The molecule has 2 amide bonds. The molecule has 0 aromatic carbocycles. The summed E-state index contributed by atoms with van der Waals surface area (Å²) in [4.78, 5) is 24.2. The molecule has 1 aliphatic rings. The molecule has 1 saturated carbocycles. The number of nitrogens with one attached hydrogen (secondary N) is 1.